The van der Waals surface area contributed by atoms with Gasteiger partial charge in [0, 0.05) is 6.04 Å². The molecule has 0 aliphatic carbocycles. The van der Waals surface area contributed by atoms with E-state index in [2.05, 4.69) is 24.1 Å². The minimum Gasteiger partial charge on any atom is -0.397 e. The Kier molecular flexibility index (Phi) is 4.94. The standard InChI is InChI=1S/C13H21N3O/c1-4-9(2)7-10(3)16-13(17)12-6-5-11(14)8-15-12/h5-6,8-10H,4,7,14H2,1-3H3,(H,16,17). The molecule has 3 N–H and O–H groups in total. The molecule has 17 heavy (non-hydrogen) atoms. The Morgan fingerprint density at radius 2 is 2.18 bits per heavy atom. The van der Waals surface area contributed by atoms with Crippen molar-refractivity contribution in [3.05, 3.63) is 24.0 Å². The monoisotopic (exact) mass is 235 g/mol. The number of nitrogens with one attached hydrogen (secondary N) is 1. The van der Waals surface area contributed by atoms with Crippen molar-refractivity contribution in [2.45, 2.75) is 39.7 Å². The first-order chi connectivity index (χ1) is 8.02. The summed E-state index contributed by atoms with van der Waals surface area (Å²) in [6.45, 7) is 6.35. The SMILES string of the molecule is CCC(C)CC(C)NC(=O)c1ccc(N)cn1. The van der Waals surface area contributed by atoms with Gasteiger partial charge in [-0.2, -0.15) is 0 Å². The molecule has 94 valence electrons. The average molecular weight is 235 g/mol. The molecule has 1 heterocycles. The molecule has 0 aliphatic rings. The second-order valence-corrected chi connectivity index (χ2v) is 4.60. The van der Waals surface area contributed by atoms with Crippen LogP contribution >= 0.6 is 0 Å². The van der Waals surface area contributed by atoms with Crippen LogP contribution < -0.4 is 11.1 Å². The summed E-state index contributed by atoms with van der Waals surface area (Å²) >= 11 is 0. The molecule has 0 spiro atoms. The van der Waals surface area contributed by atoms with Crippen molar-refractivity contribution in [1.29, 1.82) is 0 Å². The third kappa shape index (κ3) is 4.43. The maximum Gasteiger partial charge on any atom is 0.270 e. The number of nitrogen functional groups attached to an aromatic ring is 1. The summed E-state index contributed by atoms with van der Waals surface area (Å²) < 4.78 is 0. The zero-order chi connectivity index (χ0) is 12.8. The number of amides is 1. The topological polar surface area (TPSA) is 68.0 Å². The summed E-state index contributed by atoms with van der Waals surface area (Å²) in [6.07, 6.45) is 3.60. The summed E-state index contributed by atoms with van der Waals surface area (Å²) in [6, 6.07) is 3.49. The summed E-state index contributed by atoms with van der Waals surface area (Å²) in [5.41, 5.74) is 6.49. The predicted molar refractivity (Wildman–Crippen MR) is 69.6 cm³/mol. The number of hydrogen-bond donors (Lipinski definition) is 2. The quantitative estimate of drug-likeness (QED) is 0.822. The van der Waals surface area contributed by atoms with Crippen molar-refractivity contribution < 1.29 is 4.79 Å². The van der Waals surface area contributed by atoms with Gasteiger partial charge in [-0.25, -0.2) is 4.98 Å². The number of pyridine rings is 1. The zero-order valence-electron chi connectivity index (χ0n) is 10.7. The van der Waals surface area contributed by atoms with E-state index in [1.54, 1.807) is 12.1 Å². The minimum absolute atomic E-state index is 0.138. The normalized spacial score (nSPS) is 14.1. The van der Waals surface area contributed by atoms with Crippen molar-refractivity contribution in [1.82, 2.24) is 10.3 Å². The maximum atomic E-state index is 11.8. The van der Waals surface area contributed by atoms with Gasteiger partial charge in [-0.15, -0.1) is 0 Å². The van der Waals surface area contributed by atoms with Crippen molar-refractivity contribution >= 4 is 11.6 Å². The molecule has 0 aliphatic heterocycles. The molecule has 1 aromatic rings. The number of aromatic nitrogens is 1. The summed E-state index contributed by atoms with van der Waals surface area (Å²) in [5, 5.41) is 2.94. The molecule has 0 bridgehead atoms. The molecule has 2 atom stereocenters. The Balaban J connectivity index is 2.51. The molecule has 4 nitrogen and oxygen atoms in total. The van der Waals surface area contributed by atoms with Gasteiger partial charge >= 0.3 is 0 Å². The van der Waals surface area contributed by atoms with E-state index in [-0.39, 0.29) is 11.9 Å². The highest BCUT2D eigenvalue weighted by molar-refractivity contribution is 5.92. The molecule has 1 amide bonds. The largest absolute Gasteiger partial charge is 0.397 e. The third-order valence-corrected chi connectivity index (χ3v) is 2.85. The number of hydrogen-bond acceptors (Lipinski definition) is 3. The lowest BCUT2D eigenvalue weighted by molar-refractivity contribution is 0.0930. The van der Waals surface area contributed by atoms with E-state index in [9.17, 15) is 4.79 Å². The third-order valence-electron chi connectivity index (χ3n) is 2.85. The second-order valence-electron chi connectivity index (χ2n) is 4.60. The molecule has 0 fully saturated rings. The first-order valence-corrected chi connectivity index (χ1v) is 6.05. The fraction of sp³-hybridized carbons (Fsp3) is 0.538. The summed E-state index contributed by atoms with van der Waals surface area (Å²) in [4.78, 5) is 15.8. The van der Waals surface area contributed by atoms with E-state index < -0.39 is 0 Å². The zero-order valence-corrected chi connectivity index (χ0v) is 10.7. The van der Waals surface area contributed by atoms with Crippen molar-refractivity contribution in [3.8, 4) is 0 Å². The first-order valence-electron chi connectivity index (χ1n) is 6.05. The van der Waals surface area contributed by atoms with Crippen molar-refractivity contribution in [2.75, 3.05) is 5.73 Å². The van der Waals surface area contributed by atoms with Crippen LogP contribution in [0.1, 0.15) is 44.1 Å². The fourth-order valence-corrected chi connectivity index (χ4v) is 1.67. The van der Waals surface area contributed by atoms with Gasteiger partial charge in [0.15, 0.2) is 0 Å². The van der Waals surface area contributed by atoms with Gasteiger partial charge in [0.05, 0.1) is 11.9 Å². The predicted octanol–water partition coefficient (Wildman–Crippen LogP) is 2.22. The number of anilines is 1. The van der Waals surface area contributed by atoms with Crippen LogP contribution in [0, 0.1) is 5.92 Å². The molecule has 0 radical (unpaired) electrons. The van der Waals surface area contributed by atoms with Crippen LogP contribution in [0.15, 0.2) is 18.3 Å². The Bertz CT molecular complexity index is 361. The van der Waals surface area contributed by atoms with Gasteiger partial charge in [0.25, 0.3) is 5.91 Å². The Morgan fingerprint density at radius 3 is 2.71 bits per heavy atom. The number of carbonyl (C=O) groups is 1. The maximum absolute atomic E-state index is 11.8. The number of carbonyl (C=O) groups excluding carboxylic acids is 1. The molecule has 0 saturated heterocycles. The van der Waals surface area contributed by atoms with Crippen LogP contribution in [0.2, 0.25) is 0 Å². The molecule has 0 saturated carbocycles. The molecule has 1 aromatic heterocycles. The van der Waals surface area contributed by atoms with Crippen LogP contribution in [0.3, 0.4) is 0 Å². The lowest BCUT2D eigenvalue weighted by atomic mass is 10.0. The lowest BCUT2D eigenvalue weighted by Gasteiger charge is -2.17. The number of nitrogens with two attached hydrogens (primary N) is 1. The molecule has 2 unspecified atom stereocenters. The highest BCUT2D eigenvalue weighted by atomic mass is 16.1. The van der Waals surface area contributed by atoms with Gasteiger partial charge in [-0.1, -0.05) is 20.3 Å². The van der Waals surface area contributed by atoms with Crippen LogP contribution in [0.25, 0.3) is 0 Å². The Hall–Kier alpha value is -1.58. The Labute approximate surface area is 103 Å². The molecule has 4 heteroatoms. The van der Waals surface area contributed by atoms with E-state index in [1.165, 1.54) is 6.20 Å². The highest BCUT2D eigenvalue weighted by Gasteiger charge is 2.12. The highest BCUT2D eigenvalue weighted by Crippen LogP contribution is 2.10. The molecule has 0 aromatic carbocycles. The summed E-state index contributed by atoms with van der Waals surface area (Å²) in [5.74, 6) is 0.477. The van der Waals surface area contributed by atoms with Gasteiger partial charge < -0.3 is 11.1 Å². The van der Waals surface area contributed by atoms with Crippen LogP contribution in [-0.2, 0) is 0 Å². The van der Waals surface area contributed by atoms with Crippen LogP contribution in [0.5, 0.6) is 0 Å². The van der Waals surface area contributed by atoms with Crippen molar-refractivity contribution in [3.63, 3.8) is 0 Å². The molecular formula is C13H21N3O. The van der Waals surface area contributed by atoms with E-state index in [4.69, 9.17) is 5.73 Å². The first kappa shape index (κ1) is 13.5. The van der Waals surface area contributed by atoms with Gasteiger partial charge in [-0.05, 0) is 31.4 Å². The van der Waals surface area contributed by atoms with Gasteiger partial charge in [0.2, 0.25) is 0 Å². The van der Waals surface area contributed by atoms with Gasteiger partial charge in [0.1, 0.15) is 5.69 Å². The second kappa shape index (κ2) is 6.23. The fourth-order valence-electron chi connectivity index (χ4n) is 1.67. The Morgan fingerprint density at radius 1 is 1.47 bits per heavy atom. The van der Waals surface area contributed by atoms with E-state index in [1.807, 2.05) is 6.92 Å². The van der Waals surface area contributed by atoms with E-state index in [0.717, 1.165) is 12.8 Å². The summed E-state index contributed by atoms with van der Waals surface area (Å²) in [7, 11) is 0. The minimum atomic E-state index is -0.138. The van der Waals surface area contributed by atoms with Gasteiger partial charge in [-0.3, -0.25) is 4.79 Å². The van der Waals surface area contributed by atoms with E-state index >= 15 is 0 Å². The molecule has 1 rings (SSSR count). The smallest absolute Gasteiger partial charge is 0.270 e. The van der Waals surface area contributed by atoms with Crippen LogP contribution in [-0.4, -0.2) is 16.9 Å². The lowest BCUT2D eigenvalue weighted by Crippen LogP contribution is -2.34. The molecular weight excluding hydrogens is 214 g/mol. The van der Waals surface area contributed by atoms with Crippen molar-refractivity contribution in [2.24, 2.45) is 5.92 Å². The number of nitrogens with zero attached hydrogens (tertiary/aromatic N) is 1. The van der Waals surface area contributed by atoms with E-state index in [0.29, 0.717) is 17.3 Å². The average Bonchev–Trinajstić information content (AvgIpc) is 2.29. The number of rotatable bonds is 5. The van der Waals surface area contributed by atoms with Crippen LogP contribution in [0.4, 0.5) is 5.69 Å².